The lowest BCUT2D eigenvalue weighted by atomic mass is 10.1. The first-order valence-electron chi connectivity index (χ1n) is 6.66. The fourth-order valence-electron chi connectivity index (χ4n) is 2.48. The molecule has 1 aromatic rings. The van der Waals surface area contributed by atoms with Gasteiger partial charge in [0.05, 0.1) is 24.6 Å². The molecule has 1 aliphatic rings. The van der Waals surface area contributed by atoms with Crippen molar-refractivity contribution < 1.29 is 4.79 Å². The van der Waals surface area contributed by atoms with Gasteiger partial charge in [-0.25, -0.2) is 0 Å². The Hall–Kier alpha value is -1.38. The minimum absolute atomic E-state index is 0.00973. The number of rotatable bonds is 5. The highest BCUT2D eigenvalue weighted by Crippen LogP contribution is 2.24. The standard InChI is InChI=1S/C14H19N3OS/c1-10(13-6-3-7-19-13)17-14(18)9-16-12-5-2-4-11(12)8-15/h3,6-7,10-12,16H,2,4-5,9H2,1H3,(H,17,18)/t10-,11-,12-/m0/s1. The summed E-state index contributed by atoms with van der Waals surface area (Å²) >= 11 is 1.64. The molecule has 2 rings (SSSR count). The van der Waals surface area contributed by atoms with E-state index in [1.807, 2.05) is 24.4 Å². The van der Waals surface area contributed by atoms with Gasteiger partial charge in [0, 0.05) is 10.9 Å². The molecule has 2 N–H and O–H groups in total. The van der Waals surface area contributed by atoms with Crippen LogP contribution in [-0.2, 0) is 4.79 Å². The Bertz CT molecular complexity index is 452. The van der Waals surface area contributed by atoms with Crippen LogP contribution in [0, 0.1) is 17.2 Å². The van der Waals surface area contributed by atoms with E-state index in [0.717, 1.165) is 24.1 Å². The summed E-state index contributed by atoms with van der Waals surface area (Å²) in [5.41, 5.74) is 0. The maximum atomic E-state index is 11.8. The highest BCUT2D eigenvalue weighted by molar-refractivity contribution is 7.10. The lowest BCUT2D eigenvalue weighted by Crippen LogP contribution is -2.41. The van der Waals surface area contributed by atoms with Gasteiger partial charge >= 0.3 is 0 Å². The fourth-order valence-corrected chi connectivity index (χ4v) is 3.22. The van der Waals surface area contributed by atoms with E-state index in [1.165, 1.54) is 0 Å². The highest BCUT2D eigenvalue weighted by Gasteiger charge is 2.27. The van der Waals surface area contributed by atoms with E-state index in [0.29, 0.717) is 6.54 Å². The summed E-state index contributed by atoms with van der Waals surface area (Å²) in [5.74, 6) is 0.0482. The zero-order chi connectivity index (χ0) is 13.7. The summed E-state index contributed by atoms with van der Waals surface area (Å²) in [6.45, 7) is 2.27. The summed E-state index contributed by atoms with van der Waals surface area (Å²) < 4.78 is 0. The molecular formula is C14H19N3OS. The third-order valence-corrected chi connectivity index (χ3v) is 4.61. The first-order chi connectivity index (χ1) is 9.20. The van der Waals surface area contributed by atoms with E-state index in [-0.39, 0.29) is 23.9 Å². The molecule has 5 heteroatoms. The molecule has 1 fully saturated rings. The normalized spacial score (nSPS) is 23.8. The molecule has 1 saturated carbocycles. The van der Waals surface area contributed by atoms with E-state index < -0.39 is 0 Å². The van der Waals surface area contributed by atoms with Gasteiger partial charge in [0.2, 0.25) is 5.91 Å². The van der Waals surface area contributed by atoms with Crippen LogP contribution in [-0.4, -0.2) is 18.5 Å². The average molecular weight is 277 g/mol. The van der Waals surface area contributed by atoms with Gasteiger partial charge in [-0.1, -0.05) is 12.5 Å². The highest BCUT2D eigenvalue weighted by atomic mass is 32.1. The van der Waals surface area contributed by atoms with Crippen molar-refractivity contribution in [2.75, 3.05) is 6.54 Å². The number of nitrogens with zero attached hydrogens (tertiary/aromatic N) is 1. The molecule has 1 amide bonds. The summed E-state index contributed by atoms with van der Waals surface area (Å²) in [4.78, 5) is 13.0. The van der Waals surface area contributed by atoms with E-state index in [9.17, 15) is 4.79 Å². The predicted octanol–water partition coefficient (Wildman–Crippen LogP) is 2.21. The molecular weight excluding hydrogens is 258 g/mol. The molecule has 0 saturated heterocycles. The summed E-state index contributed by atoms with van der Waals surface area (Å²) in [6.07, 6.45) is 3.01. The maximum absolute atomic E-state index is 11.8. The lowest BCUT2D eigenvalue weighted by Gasteiger charge is -2.17. The van der Waals surface area contributed by atoms with Crippen molar-refractivity contribution in [1.29, 1.82) is 5.26 Å². The van der Waals surface area contributed by atoms with Crippen LogP contribution in [0.3, 0.4) is 0 Å². The Morgan fingerprint density at radius 1 is 1.63 bits per heavy atom. The molecule has 0 aromatic carbocycles. The predicted molar refractivity (Wildman–Crippen MR) is 75.6 cm³/mol. The van der Waals surface area contributed by atoms with Crippen LogP contribution in [0.1, 0.15) is 37.1 Å². The second kappa shape index (κ2) is 6.69. The molecule has 4 nitrogen and oxygen atoms in total. The number of nitriles is 1. The monoisotopic (exact) mass is 277 g/mol. The zero-order valence-corrected chi connectivity index (χ0v) is 11.9. The van der Waals surface area contributed by atoms with Gasteiger partial charge in [0.25, 0.3) is 0 Å². The molecule has 1 heterocycles. The van der Waals surface area contributed by atoms with Crippen molar-refractivity contribution in [3.05, 3.63) is 22.4 Å². The number of nitrogens with one attached hydrogen (secondary N) is 2. The molecule has 0 radical (unpaired) electrons. The molecule has 1 aromatic heterocycles. The lowest BCUT2D eigenvalue weighted by molar-refractivity contribution is -0.121. The molecule has 0 bridgehead atoms. The molecule has 102 valence electrons. The van der Waals surface area contributed by atoms with E-state index >= 15 is 0 Å². The quantitative estimate of drug-likeness (QED) is 0.867. The van der Waals surface area contributed by atoms with Crippen molar-refractivity contribution in [3.63, 3.8) is 0 Å². The average Bonchev–Trinajstić information content (AvgIpc) is 3.07. The topological polar surface area (TPSA) is 64.9 Å². The Morgan fingerprint density at radius 2 is 2.47 bits per heavy atom. The van der Waals surface area contributed by atoms with Gasteiger partial charge in [-0.2, -0.15) is 5.26 Å². The van der Waals surface area contributed by atoms with E-state index in [2.05, 4.69) is 16.7 Å². The second-order valence-corrected chi connectivity index (χ2v) is 5.94. The number of amides is 1. The largest absolute Gasteiger partial charge is 0.348 e. The van der Waals surface area contributed by atoms with Crippen LogP contribution in [0.5, 0.6) is 0 Å². The Labute approximate surface area is 117 Å². The minimum Gasteiger partial charge on any atom is -0.348 e. The Kier molecular flexibility index (Phi) is 4.94. The summed E-state index contributed by atoms with van der Waals surface area (Å²) in [5, 5.41) is 17.2. The van der Waals surface area contributed by atoms with Gasteiger partial charge in [-0.15, -0.1) is 11.3 Å². The third-order valence-electron chi connectivity index (χ3n) is 3.55. The van der Waals surface area contributed by atoms with E-state index in [4.69, 9.17) is 5.26 Å². The number of carbonyl (C=O) groups excluding carboxylic acids is 1. The van der Waals surface area contributed by atoms with Gasteiger partial charge in [0.15, 0.2) is 0 Å². The van der Waals surface area contributed by atoms with Crippen LogP contribution in [0.2, 0.25) is 0 Å². The van der Waals surface area contributed by atoms with Crippen LogP contribution in [0.25, 0.3) is 0 Å². The van der Waals surface area contributed by atoms with Crippen molar-refractivity contribution in [2.24, 2.45) is 5.92 Å². The Morgan fingerprint density at radius 3 is 3.16 bits per heavy atom. The number of thiophene rings is 1. The summed E-state index contributed by atoms with van der Waals surface area (Å²) in [7, 11) is 0. The maximum Gasteiger partial charge on any atom is 0.234 e. The molecule has 1 aliphatic carbocycles. The molecule has 0 spiro atoms. The van der Waals surface area contributed by atoms with Crippen molar-refractivity contribution in [3.8, 4) is 6.07 Å². The summed E-state index contributed by atoms with van der Waals surface area (Å²) in [6, 6.07) is 6.53. The van der Waals surface area contributed by atoms with Crippen molar-refractivity contribution >= 4 is 17.2 Å². The van der Waals surface area contributed by atoms with Gasteiger partial charge in [-0.3, -0.25) is 4.79 Å². The number of carbonyl (C=O) groups is 1. The van der Waals surface area contributed by atoms with E-state index in [1.54, 1.807) is 11.3 Å². The minimum atomic E-state index is -0.00973. The molecule has 0 unspecified atom stereocenters. The number of hydrogen-bond donors (Lipinski definition) is 2. The van der Waals surface area contributed by atoms with Crippen molar-refractivity contribution in [1.82, 2.24) is 10.6 Å². The van der Waals surface area contributed by atoms with Gasteiger partial charge < -0.3 is 10.6 Å². The van der Waals surface area contributed by atoms with Gasteiger partial charge in [0.1, 0.15) is 0 Å². The van der Waals surface area contributed by atoms with Gasteiger partial charge in [-0.05, 0) is 31.2 Å². The van der Waals surface area contributed by atoms with Crippen LogP contribution < -0.4 is 10.6 Å². The van der Waals surface area contributed by atoms with Crippen LogP contribution in [0.4, 0.5) is 0 Å². The van der Waals surface area contributed by atoms with Crippen LogP contribution in [0.15, 0.2) is 17.5 Å². The molecule has 3 atom stereocenters. The SMILES string of the molecule is C[C@H](NC(=O)CN[C@H]1CCC[C@H]1C#N)c1cccs1. The first-order valence-corrected chi connectivity index (χ1v) is 7.54. The van der Waals surface area contributed by atoms with Crippen LogP contribution >= 0.6 is 11.3 Å². The molecule has 0 aliphatic heterocycles. The zero-order valence-electron chi connectivity index (χ0n) is 11.1. The van der Waals surface area contributed by atoms with Crippen molar-refractivity contribution in [2.45, 2.75) is 38.3 Å². The number of hydrogen-bond acceptors (Lipinski definition) is 4. The third kappa shape index (κ3) is 3.79. The second-order valence-electron chi connectivity index (χ2n) is 4.96. The molecule has 19 heavy (non-hydrogen) atoms. The fraction of sp³-hybridized carbons (Fsp3) is 0.571. The first kappa shape index (κ1) is 14.0. The Balaban J connectivity index is 1.74. The smallest absolute Gasteiger partial charge is 0.234 e.